The lowest BCUT2D eigenvalue weighted by Crippen LogP contribution is -2.26. The van der Waals surface area contributed by atoms with Crippen molar-refractivity contribution in [2.45, 2.75) is 6.54 Å². The summed E-state index contributed by atoms with van der Waals surface area (Å²) in [5, 5.41) is 13.3. The molecule has 0 fully saturated rings. The molecule has 0 aliphatic rings. The largest absolute Gasteiger partial charge is 0.344 e. The van der Waals surface area contributed by atoms with Crippen LogP contribution in [-0.2, 0) is 6.54 Å². The van der Waals surface area contributed by atoms with Crippen molar-refractivity contribution in [3.63, 3.8) is 0 Å². The predicted molar refractivity (Wildman–Crippen MR) is 76.6 cm³/mol. The van der Waals surface area contributed by atoms with Gasteiger partial charge in [0.25, 0.3) is 5.91 Å². The number of benzene rings is 2. The van der Waals surface area contributed by atoms with Gasteiger partial charge in [-0.15, -0.1) is 5.10 Å². The van der Waals surface area contributed by atoms with Crippen LogP contribution in [0.15, 0.2) is 42.5 Å². The van der Waals surface area contributed by atoms with Gasteiger partial charge in [0.15, 0.2) is 5.82 Å². The van der Waals surface area contributed by atoms with Crippen LogP contribution >= 0.6 is 0 Å². The van der Waals surface area contributed by atoms with Crippen LogP contribution in [0.25, 0.3) is 5.69 Å². The van der Waals surface area contributed by atoms with Crippen molar-refractivity contribution < 1.29 is 18.0 Å². The Kier molecular flexibility index (Phi) is 4.23. The molecular weight excluding hydrogens is 323 g/mol. The Bertz CT molecular complexity index is 859. The minimum Gasteiger partial charge on any atom is -0.344 e. The molecular formula is C15H10F3N5O. The number of hydrogen-bond acceptors (Lipinski definition) is 4. The zero-order valence-corrected chi connectivity index (χ0v) is 12.1. The van der Waals surface area contributed by atoms with Crippen LogP contribution in [0, 0.1) is 17.5 Å². The third kappa shape index (κ3) is 3.09. The second-order valence-electron chi connectivity index (χ2n) is 4.76. The molecule has 1 heterocycles. The second-order valence-corrected chi connectivity index (χ2v) is 4.76. The van der Waals surface area contributed by atoms with E-state index in [4.69, 9.17) is 0 Å². The highest BCUT2D eigenvalue weighted by molar-refractivity contribution is 5.94. The zero-order valence-electron chi connectivity index (χ0n) is 12.1. The van der Waals surface area contributed by atoms with Gasteiger partial charge in [-0.05, 0) is 46.8 Å². The molecule has 0 unspecified atom stereocenters. The summed E-state index contributed by atoms with van der Waals surface area (Å²) in [6.07, 6.45) is 0. The maximum absolute atomic E-state index is 13.6. The van der Waals surface area contributed by atoms with Crippen LogP contribution in [-0.4, -0.2) is 26.1 Å². The number of nitrogens with one attached hydrogen (secondary N) is 1. The van der Waals surface area contributed by atoms with Crippen molar-refractivity contribution in [3.05, 3.63) is 71.3 Å². The Hall–Kier alpha value is -3.23. The SMILES string of the molecule is O=C(NCc1nnnn1-c1ccc(F)cc1)c1c(F)cccc1F. The van der Waals surface area contributed by atoms with Gasteiger partial charge in [-0.1, -0.05) is 6.07 Å². The summed E-state index contributed by atoms with van der Waals surface area (Å²) in [7, 11) is 0. The van der Waals surface area contributed by atoms with Crippen molar-refractivity contribution in [1.29, 1.82) is 0 Å². The van der Waals surface area contributed by atoms with Crippen molar-refractivity contribution in [2.75, 3.05) is 0 Å². The van der Waals surface area contributed by atoms with E-state index in [1.807, 2.05) is 0 Å². The molecule has 3 aromatic rings. The van der Waals surface area contributed by atoms with E-state index >= 15 is 0 Å². The maximum atomic E-state index is 13.6. The molecule has 122 valence electrons. The van der Waals surface area contributed by atoms with Gasteiger partial charge in [0.1, 0.15) is 23.0 Å². The minimum atomic E-state index is -0.967. The molecule has 3 rings (SSSR count). The van der Waals surface area contributed by atoms with Gasteiger partial charge in [-0.2, -0.15) is 4.68 Å². The standard InChI is InChI=1S/C15H10F3N5O/c16-9-4-6-10(7-5-9)23-13(20-21-22-23)8-19-15(24)14-11(17)2-1-3-12(14)18/h1-7H,8H2,(H,19,24). The summed E-state index contributed by atoms with van der Waals surface area (Å²) in [5.74, 6) is -3.07. The molecule has 0 aliphatic carbocycles. The fraction of sp³-hybridized carbons (Fsp3) is 0.0667. The van der Waals surface area contributed by atoms with Crippen LogP contribution in [0.1, 0.15) is 16.2 Å². The number of tetrazole rings is 1. The summed E-state index contributed by atoms with van der Waals surface area (Å²) >= 11 is 0. The van der Waals surface area contributed by atoms with E-state index in [0.29, 0.717) is 5.69 Å². The number of aromatic nitrogens is 4. The van der Waals surface area contributed by atoms with Crippen LogP contribution < -0.4 is 5.32 Å². The maximum Gasteiger partial charge on any atom is 0.257 e. The number of carbonyl (C=O) groups excluding carboxylic acids is 1. The Morgan fingerprint density at radius 3 is 2.38 bits per heavy atom. The molecule has 6 nitrogen and oxygen atoms in total. The Morgan fingerprint density at radius 2 is 1.71 bits per heavy atom. The van der Waals surface area contributed by atoms with Crippen molar-refractivity contribution in [3.8, 4) is 5.69 Å². The lowest BCUT2D eigenvalue weighted by Gasteiger charge is -2.07. The van der Waals surface area contributed by atoms with Crippen LogP contribution in [0.3, 0.4) is 0 Å². The molecule has 2 aromatic carbocycles. The number of hydrogen-bond donors (Lipinski definition) is 1. The number of halogens is 3. The lowest BCUT2D eigenvalue weighted by atomic mass is 10.2. The van der Waals surface area contributed by atoms with E-state index in [2.05, 4.69) is 20.8 Å². The van der Waals surface area contributed by atoms with Crippen LogP contribution in [0.5, 0.6) is 0 Å². The van der Waals surface area contributed by atoms with Crippen LogP contribution in [0.2, 0.25) is 0 Å². The quantitative estimate of drug-likeness (QED) is 0.793. The molecule has 0 radical (unpaired) electrons. The van der Waals surface area contributed by atoms with Gasteiger partial charge in [-0.3, -0.25) is 4.79 Å². The molecule has 0 aliphatic heterocycles. The summed E-state index contributed by atoms with van der Waals surface area (Å²) in [6.45, 7) is -0.170. The molecule has 1 amide bonds. The average molecular weight is 333 g/mol. The van der Waals surface area contributed by atoms with Gasteiger partial charge >= 0.3 is 0 Å². The van der Waals surface area contributed by atoms with Gasteiger partial charge in [-0.25, -0.2) is 13.2 Å². The van der Waals surface area contributed by atoms with Gasteiger partial charge in [0, 0.05) is 0 Å². The molecule has 1 aromatic heterocycles. The predicted octanol–water partition coefficient (Wildman–Crippen LogP) is 2.01. The smallest absolute Gasteiger partial charge is 0.257 e. The highest BCUT2D eigenvalue weighted by Gasteiger charge is 2.18. The van der Waals surface area contributed by atoms with E-state index in [0.717, 1.165) is 18.2 Å². The highest BCUT2D eigenvalue weighted by Crippen LogP contribution is 2.13. The second kappa shape index (κ2) is 6.49. The molecule has 0 atom stereocenters. The summed E-state index contributed by atoms with van der Waals surface area (Å²) < 4.78 is 41.4. The Morgan fingerprint density at radius 1 is 1.04 bits per heavy atom. The van der Waals surface area contributed by atoms with Gasteiger partial charge in [0.05, 0.1) is 12.2 Å². The number of amides is 1. The molecule has 0 bridgehead atoms. The number of nitrogens with zero attached hydrogens (tertiary/aromatic N) is 4. The van der Waals surface area contributed by atoms with Crippen molar-refractivity contribution >= 4 is 5.91 Å². The van der Waals surface area contributed by atoms with Crippen molar-refractivity contribution in [2.24, 2.45) is 0 Å². The monoisotopic (exact) mass is 333 g/mol. The average Bonchev–Trinajstić information content (AvgIpc) is 3.02. The highest BCUT2D eigenvalue weighted by atomic mass is 19.1. The molecule has 0 spiro atoms. The first-order chi connectivity index (χ1) is 11.6. The van der Waals surface area contributed by atoms with E-state index in [1.54, 1.807) is 0 Å². The first-order valence-corrected chi connectivity index (χ1v) is 6.81. The van der Waals surface area contributed by atoms with E-state index < -0.39 is 28.9 Å². The molecule has 24 heavy (non-hydrogen) atoms. The normalized spacial score (nSPS) is 10.6. The van der Waals surface area contributed by atoms with Gasteiger partial charge in [0.2, 0.25) is 0 Å². The molecule has 0 saturated heterocycles. The van der Waals surface area contributed by atoms with Crippen molar-refractivity contribution in [1.82, 2.24) is 25.5 Å². The number of rotatable bonds is 4. The van der Waals surface area contributed by atoms with E-state index in [1.165, 1.54) is 28.9 Å². The first-order valence-electron chi connectivity index (χ1n) is 6.81. The fourth-order valence-electron chi connectivity index (χ4n) is 2.06. The summed E-state index contributed by atoms with van der Waals surface area (Å²) in [6, 6.07) is 8.50. The minimum absolute atomic E-state index is 0.170. The molecule has 0 saturated carbocycles. The Labute approximate surface area is 133 Å². The summed E-state index contributed by atoms with van der Waals surface area (Å²) in [4.78, 5) is 12.0. The van der Waals surface area contributed by atoms with Gasteiger partial charge < -0.3 is 5.32 Å². The topological polar surface area (TPSA) is 72.7 Å². The van der Waals surface area contributed by atoms with E-state index in [-0.39, 0.29) is 12.4 Å². The summed E-state index contributed by atoms with van der Waals surface area (Å²) in [5.41, 5.74) is -0.207. The van der Waals surface area contributed by atoms with E-state index in [9.17, 15) is 18.0 Å². The molecule has 9 heteroatoms. The molecule has 1 N–H and O–H groups in total. The first kappa shape index (κ1) is 15.7. The fourth-order valence-corrected chi connectivity index (χ4v) is 2.06. The Balaban J connectivity index is 1.77. The third-order valence-electron chi connectivity index (χ3n) is 3.20. The number of carbonyl (C=O) groups is 1. The lowest BCUT2D eigenvalue weighted by molar-refractivity contribution is 0.0941. The van der Waals surface area contributed by atoms with Crippen LogP contribution in [0.4, 0.5) is 13.2 Å². The zero-order chi connectivity index (χ0) is 17.1. The third-order valence-corrected chi connectivity index (χ3v) is 3.20.